The average molecular weight is 293 g/mol. The highest BCUT2D eigenvalue weighted by Gasteiger charge is 2.37. The summed E-state index contributed by atoms with van der Waals surface area (Å²) >= 11 is 0. The Kier molecular flexibility index (Phi) is 4.42. The lowest BCUT2D eigenvalue weighted by Crippen LogP contribution is -2.40. The molecule has 1 amide bonds. The van der Waals surface area contributed by atoms with Crippen molar-refractivity contribution in [3.8, 4) is 5.75 Å². The number of nitrogens with two attached hydrogens (primary N) is 1. The van der Waals surface area contributed by atoms with Gasteiger partial charge >= 0.3 is 0 Å². The van der Waals surface area contributed by atoms with Gasteiger partial charge in [-0.3, -0.25) is 14.9 Å². The molecule has 0 saturated heterocycles. The molecule has 0 spiro atoms. The number of amides is 1. The normalized spacial score (nSPS) is 15.9. The van der Waals surface area contributed by atoms with Crippen LogP contribution in [0.5, 0.6) is 5.75 Å². The van der Waals surface area contributed by atoms with Gasteiger partial charge < -0.3 is 15.8 Å². The number of carbonyl (C=O) groups is 1. The van der Waals surface area contributed by atoms with E-state index in [9.17, 15) is 14.9 Å². The number of hydrogen-bond donors (Lipinski definition) is 2. The molecule has 1 aliphatic carbocycles. The molecule has 7 nitrogen and oxygen atoms in total. The van der Waals surface area contributed by atoms with E-state index in [-0.39, 0.29) is 22.8 Å². The molecule has 7 heteroatoms. The minimum Gasteiger partial charge on any atom is -0.494 e. The maximum absolute atomic E-state index is 12.1. The highest BCUT2D eigenvalue weighted by atomic mass is 16.6. The average Bonchev–Trinajstić information content (AvgIpc) is 2.43. The number of nitrogens with one attached hydrogen (secondary N) is 1. The SMILES string of the molecule is COc1cc([N+](=O)[O-])ccc1NC(=O)CC1(CN)CCC1. The fourth-order valence-corrected chi connectivity index (χ4v) is 2.56. The molecule has 0 radical (unpaired) electrons. The van der Waals surface area contributed by atoms with Crippen molar-refractivity contribution in [3.63, 3.8) is 0 Å². The maximum Gasteiger partial charge on any atom is 0.273 e. The lowest BCUT2D eigenvalue weighted by atomic mass is 9.66. The Bertz CT molecular complexity index is 550. The molecule has 1 aromatic rings. The van der Waals surface area contributed by atoms with E-state index in [2.05, 4.69) is 5.32 Å². The van der Waals surface area contributed by atoms with E-state index >= 15 is 0 Å². The summed E-state index contributed by atoms with van der Waals surface area (Å²) in [5.41, 5.74) is 6.00. The van der Waals surface area contributed by atoms with Crippen LogP contribution in [-0.2, 0) is 4.79 Å². The van der Waals surface area contributed by atoms with Crippen LogP contribution in [0.3, 0.4) is 0 Å². The summed E-state index contributed by atoms with van der Waals surface area (Å²) in [6, 6.07) is 4.10. The monoisotopic (exact) mass is 293 g/mol. The van der Waals surface area contributed by atoms with E-state index in [0.29, 0.717) is 18.7 Å². The van der Waals surface area contributed by atoms with Crippen LogP contribution in [0.1, 0.15) is 25.7 Å². The highest BCUT2D eigenvalue weighted by molar-refractivity contribution is 5.93. The minimum atomic E-state index is -0.508. The number of methoxy groups -OCH3 is 1. The Hall–Kier alpha value is -2.15. The van der Waals surface area contributed by atoms with Crippen LogP contribution in [0, 0.1) is 15.5 Å². The van der Waals surface area contributed by atoms with Crippen LogP contribution in [0.2, 0.25) is 0 Å². The molecule has 0 unspecified atom stereocenters. The number of hydrogen-bond acceptors (Lipinski definition) is 5. The maximum atomic E-state index is 12.1. The molecule has 0 atom stereocenters. The number of non-ortho nitro benzene ring substituents is 1. The van der Waals surface area contributed by atoms with Gasteiger partial charge in [0.15, 0.2) is 0 Å². The number of ether oxygens (including phenoxy) is 1. The predicted octanol–water partition coefficient (Wildman–Crippen LogP) is 2.06. The molecular weight excluding hydrogens is 274 g/mol. The Morgan fingerprint density at radius 1 is 1.52 bits per heavy atom. The summed E-state index contributed by atoms with van der Waals surface area (Å²) in [4.78, 5) is 22.3. The second kappa shape index (κ2) is 6.09. The Morgan fingerprint density at radius 2 is 2.24 bits per heavy atom. The molecule has 0 bridgehead atoms. The Morgan fingerprint density at radius 3 is 2.71 bits per heavy atom. The summed E-state index contributed by atoms with van der Waals surface area (Å²) < 4.78 is 5.09. The quantitative estimate of drug-likeness (QED) is 0.616. The zero-order valence-corrected chi connectivity index (χ0v) is 11.9. The van der Waals surface area contributed by atoms with E-state index in [1.54, 1.807) is 0 Å². The van der Waals surface area contributed by atoms with Gasteiger partial charge in [-0.1, -0.05) is 6.42 Å². The number of rotatable bonds is 6. The predicted molar refractivity (Wildman–Crippen MR) is 78.2 cm³/mol. The molecule has 114 valence electrons. The van der Waals surface area contributed by atoms with Crippen molar-refractivity contribution in [2.24, 2.45) is 11.1 Å². The zero-order valence-electron chi connectivity index (χ0n) is 11.9. The number of nitrogens with zero attached hydrogens (tertiary/aromatic N) is 1. The molecule has 1 aliphatic rings. The van der Waals surface area contributed by atoms with Gasteiger partial charge in [0.2, 0.25) is 5.91 Å². The zero-order chi connectivity index (χ0) is 15.5. The fraction of sp³-hybridized carbons (Fsp3) is 0.500. The van der Waals surface area contributed by atoms with Crippen LogP contribution >= 0.6 is 0 Å². The number of carbonyl (C=O) groups excluding carboxylic acids is 1. The second-order valence-corrected chi connectivity index (χ2v) is 5.42. The topological polar surface area (TPSA) is 107 Å². The van der Waals surface area contributed by atoms with Crippen molar-refractivity contribution in [1.82, 2.24) is 0 Å². The third kappa shape index (κ3) is 3.30. The van der Waals surface area contributed by atoms with Gasteiger partial charge in [-0.2, -0.15) is 0 Å². The number of nitro benzene ring substituents is 1. The molecule has 3 N–H and O–H groups in total. The Balaban J connectivity index is 2.08. The number of nitro groups is 1. The van der Waals surface area contributed by atoms with Crippen molar-refractivity contribution in [2.45, 2.75) is 25.7 Å². The summed E-state index contributed by atoms with van der Waals surface area (Å²) in [6.45, 7) is 0.498. The minimum absolute atomic E-state index is 0.0812. The van der Waals surface area contributed by atoms with Gasteiger partial charge in [0, 0.05) is 12.5 Å². The molecule has 1 fully saturated rings. The first kappa shape index (κ1) is 15.2. The van der Waals surface area contributed by atoms with Gasteiger partial charge in [0.25, 0.3) is 5.69 Å². The van der Waals surface area contributed by atoms with Gasteiger partial charge in [-0.15, -0.1) is 0 Å². The molecular formula is C14H19N3O4. The summed E-state index contributed by atoms with van der Waals surface area (Å²) in [7, 11) is 1.40. The van der Waals surface area contributed by atoms with E-state index < -0.39 is 4.92 Å². The van der Waals surface area contributed by atoms with Crippen LogP contribution in [-0.4, -0.2) is 24.5 Å². The van der Waals surface area contributed by atoms with E-state index in [4.69, 9.17) is 10.5 Å². The van der Waals surface area contributed by atoms with Crippen molar-refractivity contribution in [1.29, 1.82) is 0 Å². The fourth-order valence-electron chi connectivity index (χ4n) is 2.56. The summed E-state index contributed by atoms with van der Waals surface area (Å²) in [6.07, 6.45) is 3.40. The molecule has 21 heavy (non-hydrogen) atoms. The number of benzene rings is 1. The lowest BCUT2D eigenvalue weighted by Gasteiger charge is -2.40. The molecule has 0 aliphatic heterocycles. The molecule has 2 rings (SSSR count). The molecule has 0 aromatic heterocycles. The standard InChI is InChI=1S/C14H19N3O4/c1-21-12-7-10(17(19)20)3-4-11(12)16-13(18)8-14(9-15)5-2-6-14/h3-4,7H,2,5-6,8-9,15H2,1H3,(H,16,18). The largest absolute Gasteiger partial charge is 0.494 e. The molecule has 0 heterocycles. The third-order valence-corrected chi connectivity index (χ3v) is 4.05. The van der Waals surface area contributed by atoms with Crippen molar-refractivity contribution < 1.29 is 14.5 Å². The third-order valence-electron chi connectivity index (χ3n) is 4.05. The second-order valence-electron chi connectivity index (χ2n) is 5.42. The number of anilines is 1. The van der Waals surface area contributed by atoms with Crippen LogP contribution in [0.4, 0.5) is 11.4 Å². The van der Waals surface area contributed by atoms with E-state index in [1.807, 2.05) is 0 Å². The van der Waals surface area contributed by atoms with Gasteiger partial charge in [-0.25, -0.2) is 0 Å². The van der Waals surface area contributed by atoms with Gasteiger partial charge in [0.05, 0.1) is 23.8 Å². The van der Waals surface area contributed by atoms with Crippen molar-refractivity contribution in [2.75, 3.05) is 19.0 Å². The first-order valence-corrected chi connectivity index (χ1v) is 6.82. The van der Waals surface area contributed by atoms with E-state index in [0.717, 1.165) is 19.3 Å². The Labute approximate surface area is 122 Å². The highest BCUT2D eigenvalue weighted by Crippen LogP contribution is 2.43. The van der Waals surface area contributed by atoms with Crippen LogP contribution < -0.4 is 15.8 Å². The van der Waals surface area contributed by atoms with Crippen LogP contribution in [0.15, 0.2) is 18.2 Å². The van der Waals surface area contributed by atoms with E-state index in [1.165, 1.54) is 25.3 Å². The molecule has 1 saturated carbocycles. The molecule has 1 aromatic carbocycles. The first-order chi connectivity index (χ1) is 9.99. The van der Waals surface area contributed by atoms with Gasteiger partial charge in [0.1, 0.15) is 5.75 Å². The summed E-state index contributed by atoms with van der Waals surface area (Å²) in [5.74, 6) is 0.125. The van der Waals surface area contributed by atoms with Gasteiger partial charge in [-0.05, 0) is 30.9 Å². The first-order valence-electron chi connectivity index (χ1n) is 6.82. The van der Waals surface area contributed by atoms with Crippen molar-refractivity contribution >= 4 is 17.3 Å². The lowest BCUT2D eigenvalue weighted by molar-refractivity contribution is -0.384. The van der Waals surface area contributed by atoms with Crippen LogP contribution in [0.25, 0.3) is 0 Å². The smallest absolute Gasteiger partial charge is 0.273 e. The summed E-state index contributed by atoms with van der Waals surface area (Å²) in [5, 5.41) is 13.5. The van der Waals surface area contributed by atoms with Crippen molar-refractivity contribution in [3.05, 3.63) is 28.3 Å².